The topological polar surface area (TPSA) is 0 Å². The Morgan fingerprint density at radius 1 is 0.692 bits per heavy atom. The second-order valence-corrected chi connectivity index (χ2v) is 51.0. The molecular formula is C10H8Br2Ru. The number of halogens is 2. The van der Waals surface area contributed by atoms with Crippen molar-refractivity contribution in [2.45, 2.75) is 41.9 Å². The fourth-order valence-electron chi connectivity index (χ4n) is 15.9. The van der Waals surface area contributed by atoms with Crippen LogP contribution in [0.5, 0.6) is 0 Å². The van der Waals surface area contributed by atoms with Crippen LogP contribution in [0.25, 0.3) is 0 Å². The summed E-state index contributed by atoms with van der Waals surface area (Å²) in [5.41, 5.74) is 0. The first kappa shape index (κ1) is 4.84. The molecule has 0 aliphatic carbocycles. The molecule has 10 saturated heterocycles. The molecule has 10 aliphatic rings. The van der Waals surface area contributed by atoms with Gasteiger partial charge >= 0.3 is 81.5 Å². The van der Waals surface area contributed by atoms with Crippen LogP contribution in [0.4, 0.5) is 0 Å². The molecule has 70 valence electrons. The number of hydrogen-bond acceptors (Lipinski definition) is 0. The molecule has 0 aromatic rings. The van der Waals surface area contributed by atoms with Crippen molar-refractivity contribution in [3.8, 4) is 0 Å². The van der Waals surface area contributed by atoms with Crippen LogP contribution in [0.3, 0.4) is 0 Å². The first-order chi connectivity index (χ1) is 5.93. The van der Waals surface area contributed by atoms with Crippen LogP contribution in [-0.2, 0) is 7.72 Å². The van der Waals surface area contributed by atoms with Crippen molar-refractivity contribution in [3.05, 3.63) is 0 Å². The van der Waals surface area contributed by atoms with E-state index in [2.05, 4.69) is 31.9 Å². The maximum atomic E-state index is 4.35. The molecule has 0 aromatic heterocycles. The molecule has 8 unspecified atom stereocenters. The Bertz CT molecular complexity index is 829. The molecule has 0 nitrogen and oxygen atoms in total. The molecule has 0 aromatic carbocycles. The third kappa shape index (κ3) is 0.0352. The Morgan fingerprint density at radius 3 is 1.00 bits per heavy atom. The van der Waals surface area contributed by atoms with Crippen LogP contribution in [-0.4, -0.2) is 5.84 Å². The summed E-state index contributed by atoms with van der Waals surface area (Å²) >= 11 is 8.69. The Balaban J connectivity index is 2.19. The van der Waals surface area contributed by atoms with Gasteiger partial charge in [-0.2, -0.15) is 0 Å². The molecule has 8 atom stereocenters. The molecule has 0 amide bonds. The molecule has 13 heavy (non-hydrogen) atoms. The van der Waals surface area contributed by atoms with Crippen LogP contribution in [0.2, 0.25) is 36.1 Å². The Labute approximate surface area is 80.8 Å². The van der Waals surface area contributed by atoms with E-state index in [1.54, 1.807) is 0 Å². The maximum absolute atomic E-state index is 4.35. The average Bonchev–Trinajstić information content (AvgIpc) is 3.01. The van der Waals surface area contributed by atoms with Crippen molar-refractivity contribution in [3.63, 3.8) is 0 Å². The summed E-state index contributed by atoms with van der Waals surface area (Å²) in [5, 5.41) is 0. The fourth-order valence-corrected chi connectivity index (χ4v) is 183. The van der Waals surface area contributed by atoms with Gasteiger partial charge in [-0.25, -0.2) is 0 Å². The zero-order valence-electron chi connectivity index (χ0n) is 6.73. The van der Waals surface area contributed by atoms with E-state index in [0.717, 1.165) is 5.84 Å². The van der Waals surface area contributed by atoms with E-state index >= 15 is 0 Å². The van der Waals surface area contributed by atoms with Gasteiger partial charge in [0.2, 0.25) is 0 Å². The van der Waals surface area contributed by atoms with Crippen molar-refractivity contribution in [2.75, 3.05) is 0 Å². The Morgan fingerprint density at radius 2 is 1.00 bits per heavy atom. The molecule has 0 saturated carbocycles. The van der Waals surface area contributed by atoms with Gasteiger partial charge in [0.1, 0.15) is 0 Å². The monoisotopic (exact) mass is 388 g/mol. The first-order valence-corrected chi connectivity index (χ1v) is 16.9. The molecular weight excluding hydrogens is 381 g/mol. The van der Waals surface area contributed by atoms with Gasteiger partial charge in [-0.15, -0.1) is 0 Å². The summed E-state index contributed by atoms with van der Waals surface area (Å²) in [4.78, 5) is 0. The van der Waals surface area contributed by atoms with Gasteiger partial charge in [0.15, 0.2) is 0 Å². The summed E-state index contributed by atoms with van der Waals surface area (Å²) in [6.45, 7) is 0. The number of fused-ring (bicyclic) bond motifs is 10. The van der Waals surface area contributed by atoms with E-state index in [-0.39, 0.29) is 0 Å². The van der Waals surface area contributed by atoms with Crippen molar-refractivity contribution in [1.29, 1.82) is 0 Å². The third-order valence-corrected chi connectivity index (χ3v) is 101. The van der Waals surface area contributed by atoms with Crippen molar-refractivity contribution >= 4 is 31.9 Å². The predicted octanol–water partition coefficient (Wildman–Crippen LogP) is 3.98. The zero-order valence-corrected chi connectivity index (χ0v) is 11.6. The van der Waals surface area contributed by atoms with Crippen LogP contribution >= 0.6 is 31.9 Å². The first-order valence-electron chi connectivity index (χ1n) is 5.52. The number of alkyl halides is 2. The molecule has 0 bridgehead atoms. The van der Waals surface area contributed by atoms with E-state index in [1.165, 1.54) is 36.1 Å². The molecule has 0 N–H and O–H groups in total. The van der Waals surface area contributed by atoms with E-state index in [0.29, 0.717) is 0 Å². The van der Waals surface area contributed by atoms with Crippen molar-refractivity contribution < 1.29 is 7.72 Å². The summed E-state index contributed by atoms with van der Waals surface area (Å²) < 4.78 is 13.3. The number of rotatable bonds is 0. The van der Waals surface area contributed by atoms with Gasteiger partial charge in [0.25, 0.3) is 0 Å². The Kier molecular flexibility index (Phi) is 0.117. The van der Waals surface area contributed by atoms with Gasteiger partial charge < -0.3 is 0 Å². The minimum atomic E-state index is -3.05. The van der Waals surface area contributed by atoms with Crippen LogP contribution in [0.1, 0.15) is 0 Å². The van der Waals surface area contributed by atoms with Gasteiger partial charge in [-0.3, -0.25) is 0 Å². The quantitative estimate of drug-likeness (QED) is 0.435. The summed E-state index contributed by atoms with van der Waals surface area (Å²) in [6.07, 6.45) is 0. The minimum absolute atomic E-state index is 0.940. The molecule has 3 heteroatoms. The number of hydrogen-bond donors (Lipinski definition) is 0. The van der Waals surface area contributed by atoms with E-state index in [1.807, 2.05) is 0 Å². The van der Waals surface area contributed by atoms with Gasteiger partial charge in [-0.05, 0) is 0 Å². The van der Waals surface area contributed by atoms with Crippen LogP contribution in [0, 0.1) is 0 Å². The van der Waals surface area contributed by atoms with Gasteiger partial charge in [-0.1, -0.05) is 0 Å². The Hall–Kier alpha value is 1.58. The summed E-state index contributed by atoms with van der Waals surface area (Å²) in [6, 6.07) is 0. The molecule has 10 fully saturated rings. The fraction of sp³-hybridized carbons (Fsp3) is 1.00. The third-order valence-electron chi connectivity index (χ3n) is 14.5. The normalized spacial score (nSPS) is 158. The van der Waals surface area contributed by atoms with Gasteiger partial charge in [0, 0.05) is 0 Å². The molecule has 10 rings (SSSR count). The molecule has 10 aliphatic heterocycles. The molecule has 10 heterocycles. The van der Waals surface area contributed by atoms with Crippen molar-refractivity contribution in [1.82, 2.24) is 0 Å². The zero-order chi connectivity index (χ0) is 7.94. The molecule has 0 radical (unpaired) electrons. The van der Waals surface area contributed by atoms with E-state index < -0.39 is 7.72 Å². The summed E-state index contributed by atoms with van der Waals surface area (Å²) in [7, 11) is -3.05. The predicted molar refractivity (Wildman–Crippen MR) is 53.3 cm³/mol. The van der Waals surface area contributed by atoms with Crippen LogP contribution < -0.4 is 0 Å². The van der Waals surface area contributed by atoms with Gasteiger partial charge in [0.05, 0.1) is 0 Å². The van der Waals surface area contributed by atoms with E-state index in [9.17, 15) is 0 Å². The van der Waals surface area contributed by atoms with E-state index in [4.69, 9.17) is 0 Å². The SMILES string of the molecule is Br[C]12[CH]3[CH]4[CH]5[CH]1[Ru]45321678[CH]2[CH]1[CH]6[C]7(Br)[CH]28. The van der Waals surface area contributed by atoms with Crippen LogP contribution in [0.15, 0.2) is 0 Å². The average molecular weight is 389 g/mol. The standard InChI is InChI=1S/2C5H4Br.Ru/c2*6-5-3-1-2-4-5;/h2*1-4H;. The van der Waals surface area contributed by atoms with Crippen molar-refractivity contribution in [2.24, 2.45) is 0 Å². The molecule has 1 spiro atoms. The second-order valence-electron chi connectivity index (χ2n) is 9.59. The second kappa shape index (κ2) is 0.315. The summed E-state index contributed by atoms with van der Waals surface area (Å²) in [5.74, 6) is 0.